The molecule has 2 aromatic heterocycles. The lowest BCUT2D eigenvalue weighted by Gasteiger charge is -2.31. The van der Waals surface area contributed by atoms with E-state index in [4.69, 9.17) is 0 Å². The van der Waals surface area contributed by atoms with Crippen LogP contribution in [0.4, 0.5) is 0 Å². The SMILES string of the molecule is Cc1nn2cccnc2c1-c1ccccc1C(=O)N(C(C)C)C(C)C. The third kappa shape index (κ3) is 3.02. The Morgan fingerprint density at radius 2 is 1.76 bits per heavy atom. The van der Waals surface area contributed by atoms with Crippen molar-refractivity contribution in [2.45, 2.75) is 46.7 Å². The number of hydrogen-bond acceptors (Lipinski definition) is 3. The second-order valence-corrected chi connectivity index (χ2v) is 6.79. The average molecular weight is 336 g/mol. The van der Waals surface area contributed by atoms with E-state index in [0.29, 0.717) is 5.56 Å². The van der Waals surface area contributed by atoms with Gasteiger partial charge in [0.05, 0.1) is 11.3 Å². The lowest BCUT2D eigenvalue weighted by Crippen LogP contribution is -2.42. The first-order chi connectivity index (χ1) is 11.9. The Bertz CT molecular complexity index is 903. The number of aromatic nitrogens is 3. The summed E-state index contributed by atoms with van der Waals surface area (Å²) in [6.07, 6.45) is 3.62. The molecule has 0 aliphatic rings. The predicted octanol–water partition coefficient (Wildman–Crippen LogP) is 3.96. The third-order valence-corrected chi connectivity index (χ3v) is 4.34. The quantitative estimate of drug-likeness (QED) is 0.724. The van der Waals surface area contributed by atoms with Crippen LogP contribution >= 0.6 is 0 Å². The molecular weight excluding hydrogens is 312 g/mol. The van der Waals surface area contributed by atoms with E-state index >= 15 is 0 Å². The summed E-state index contributed by atoms with van der Waals surface area (Å²) in [6.45, 7) is 10.1. The summed E-state index contributed by atoms with van der Waals surface area (Å²) in [6, 6.07) is 9.83. The van der Waals surface area contributed by atoms with Crippen LogP contribution in [0.15, 0.2) is 42.7 Å². The monoisotopic (exact) mass is 336 g/mol. The molecule has 25 heavy (non-hydrogen) atoms. The largest absolute Gasteiger partial charge is 0.334 e. The molecule has 0 saturated carbocycles. The Balaban J connectivity index is 2.19. The van der Waals surface area contributed by atoms with Crippen LogP contribution in [0.5, 0.6) is 0 Å². The molecule has 0 fully saturated rings. The number of nitrogens with zero attached hydrogens (tertiary/aromatic N) is 4. The molecule has 3 aromatic rings. The van der Waals surface area contributed by atoms with Crippen molar-refractivity contribution < 1.29 is 4.79 Å². The van der Waals surface area contributed by atoms with Crippen molar-refractivity contribution in [1.29, 1.82) is 0 Å². The van der Waals surface area contributed by atoms with Crippen molar-refractivity contribution in [3.05, 3.63) is 54.0 Å². The Kier molecular flexibility index (Phi) is 4.57. The fourth-order valence-corrected chi connectivity index (χ4v) is 3.40. The maximum atomic E-state index is 13.3. The third-order valence-electron chi connectivity index (χ3n) is 4.34. The van der Waals surface area contributed by atoms with Gasteiger partial charge < -0.3 is 4.90 Å². The summed E-state index contributed by atoms with van der Waals surface area (Å²) < 4.78 is 1.76. The second-order valence-electron chi connectivity index (χ2n) is 6.79. The van der Waals surface area contributed by atoms with Crippen molar-refractivity contribution >= 4 is 11.6 Å². The summed E-state index contributed by atoms with van der Waals surface area (Å²) in [7, 11) is 0. The van der Waals surface area contributed by atoms with Gasteiger partial charge in [-0.3, -0.25) is 4.79 Å². The lowest BCUT2D eigenvalue weighted by molar-refractivity contribution is 0.0644. The summed E-state index contributed by atoms with van der Waals surface area (Å²) >= 11 is 0. The summed E-state index contributed by atoms with van der Waals surface area (Å²) in [5.41, 5.74) is 4.11. The van der Waals surface area contributed by atoms with Crippen LogP contribution in [0.25, 0.3) is 16.8 Å². The van der Waals surface area contributed by atoms with Gasteiger partial charge in [-0.2, -0.15) is 5.10 Å². The summed E-state index contributed by atoms with van der Waals surface area (Å²) in [4.78, 5) is 19.6. The number of benzene rings is 1. The molecule has 5 nitrogen and oxygen atoms in total. The highest BCUT2D eigenvalue weighted by molar-refractivity contribution is 6.03. The molecular formula is C20H24N4O. The van der Waals surface area contributed by atoms with Crippen LogP contribution in [0, 0.1) is 6.92 Å². The zero-order valence-electron chi connectivity index (χ0n) is 15.4. The van der Waals surface area contributed by atoms with E-state index in [-0.39, 0.29) is 18.0 Å². The minimum absolute atomic E-state index is 0.0373. The van der Waals surface area contributed by atoms with Crippen molar-refractivity contribution in [2.75, 3.05) is 0 Å². The molecule has 130 valence electrons. The molecule has 0 spiro atoms. The Hall–Kier alpha value is -2.69. The number of carbonyl (C=O) groups is 1. The van der Waals surface area contributed by atoms with Crippen LogP contribution in [0.3, 0.4) is 0 Å². The lowest BCUT2D eigenvalue weighted by atomic mass is 9.98. The van der Waals surface area contributed by atoms with Gasteiger partial charge in [-0.15, -0.1) is 0 Å². The standard InChI is InChI=1S/C20H24N4O/c1-13(2)24(14(3)4)20(25)17-10-7-6-9-16(17)18-15(5)22-23-12-8-11-21-19(18)23/h6-14H,1-5H3. The number of aryl methyl sites for hydroxylation is 1. The van der Waals surface area contributed by atoms with Crippen LogP contribution in [-0.4, -0.2) is 37.5 Å². The normalized spacial score (nSPS) is 11.5. The molecule has 0 unspecified atom stereocenters. The molecule has 0 N–H and O–H groups in total. The van der Waals surface area contributed by atoms with Gasteiger partial charge >= 0.3 is 0 Å². The fourth-order valence-electron chi connectivity index (χ4n) is 3.40. The zero-order valence-corrected chi connectivity index (χ0v) is 15.4. The van der Waals surface area contributed by atoms with Gasteiger partial charge in [-0.25, -0.2) is 9.50 Å². The average Bonchev–Trinajstić information content (AvgIpc) is 2.89. The number of hydrogen-bond donors (Lipinski definition) is 0. The molecule has 0 bridgehead atoms. The predicted molar refractivity (Wildman–Crippen MR) is 99.6 cm³/mol. The fraction of sp³-hybridized carbons (Fsp3) is 0.350. The molecule has 0 saturated heterocycles. The van der Waals surface area contributed by atoms with Crippen molar-refractivity contribution in [3.8, 4) is 11.1 Å². The molecule has 5 heteroatoms. The maximum Gasteiger partial charge on any atom is 0.254 e. The van der Waals surface area contributed by atoms with Gasteiger partial charge in [0.2, 0.25) is 0 Å². The molecule has 1 aromatic carbocycles. The molecule has 2 heterocycles. The van der Waals surface area contributed by atoms with E-state index in [9.17, 15) is 4.79 Å². The van der Waals surface area contributed by atoms with Crippen LogP contribution in [-0.2, 0) is 0 Å². The highest BCUT2D eigenvalue weighted by Gasteiger charge is 2.25. The second kappa shape index (κ2) is 6.67. The van der Waals surface area contributed by atoms with E-state index in [2.05, 4.69) is 10.1 Å². The minimum atomic E-state index is 0.0373. The molecule has 0 aliphatic heterocycles. The zero-order chi connectivity index (χ0) is 18.1. The molecule has 0 radical (unpaired) electrons. The highest BCUT2D eigenvalue weighted by atomic mass is 16.2. The number of amides is 1. The van der Waals surface area contributed by atoms with Crippen molar-refractivity contribution in [1.82, 2.24) is 19.5 Å². The van der Waals surface area contributed by atoms with Gasteiger partial charge in [0.25, 0.3) is 5.91 Å². The molecule has 0 atom stereocenters. The van der Waals surface area contributed by atoms with E-state index in [1.807, 2.05) is 76.0 Å². The summed E-state index contributed by atoms with van der Waals surface area (Å²) in [5.74, 6) is 0.0373. The van der Waals surface area contributed by atoms with Crippen LogP contribution in [0.2, 0.25) is 0 Å². The minimum Gasteiger partial charge on any atom is -0.334 e. The van der Waals surface area contributed by atoms with E-state index in [1.54, 1.807) is 10.7 Å². The van der Waals surface area contributed by atoms with Gasteiger partial charge in [0.1, 0.15) is 0 Å². The van der Waals surface area contributed by atoms with Crippen molar-refractivity contribution in [2.24, 2.45) is 0 Å². The smallest absolute Gasteiger partial charge is 0.254 e. The molecule has 0 aliphatic carbocycles. The Morgan fingerprint density at radius 3 is 2.44 bits per heavy atom. The summed E-state index contributed by atoms with van der Waals surface area (Å²) in [5, 5.41) is 4.53. The van der Waals surface area contributed by atoms with Crippen LogP contribution < -0.4 is 0 Å². The Morgan fingerprint density at radius 1 is 1.08 bits per heavy atom. The van der Waals surface area contributed by atoms with Gasteiger partial charge in [0, 0.05) is 35.6 Å². The number of fused-ring (bicyclic) bond motifs is 1. The number of rotatable bonds is 4. The van der Waals surface area contributed by atoms with Crippen LogP contribution in [0.1, 0.15) is 43.7 Å². The first-order valence-electron chi connectivity index (χ1n) is 8.63. The topological polar surface area (TPSA) is 50.5 Å². The molecule has 1 amide bonds. The van der Waals surface area contributed by atoms with Crippen molar-refractivity contribution in [3.63, 3.8) is 0 Å². The number of carbonyl (C=O) groups excluding carboxylic acids is 1. The first kappa shape index (κ1) is 17.1. The van der Waals surface area contributed by atoms with E-state index < -0.39 is 0 Å². The van der Waals surface area contributed by atoms with Gasteiger partial charge in [0.15, 0.2) is 5.65 Å². The van der Waals surface area contributed by atoms with E-state index in [0.717, 1.165) is 22.5 Å². The Labute approximate surface area is 148 Å². The highest BCUT2D eigenvalue weighted by Crippen LogP contribution is 2.31. The first-order valence-corrected chi connectivity index (χ1v) is 8.63. The molecule has 3 rings (SSSR count). The van der Waals surface area contributed by atoms with Gasteiger partial charge in [-0.1, -0.05) is 18.2 Å². The maximum absolute atomic E-state index is 13.3. The van der Waals surface area contributed by atoms with E-state index in [1.165, 1.54) is 0 Å². The van der Waals surface area contributed by atoms with Gasteiger partial charge in [-0.05, 0) is 46.8 Å².